The van der Waals surface area contributed by atoms with E-state index in [0.717, 1.165) is 15.9 Å². The lowest BCUT2D eigenvalue weighted by molar-refractivity contribution is 0.186. The lowest BCUT2D eigenvalue weighted by Gasteiger charge is -2.17. The van der Waals surface area contributed by atoms with Gasteiger partial charge < -0.3 is 9.84 Å². The molecule has 0 aliphatic heterocycles. The molecule has 0 bridgehead atoms. The molecule has 0 aliphatic rings. The largest absolute Gasteiger partial charge is 0.404 e. The molecule has 2 rings (SSSR count). The second-order valence-electron chi connectivity index (χ2n) is 5.04. The first kappa shape index (κ1) is 17.1. The fourth-order valence-electron chi connectivity index (χ4n) is 2.44. The minimum Gasteiger partial charge on any atom is -0.404 e. The minimum absolute atomic E-state index is 0.251. The molecule has 114 valence electrons. The Morgan fingerprint density at radius 2 is 1.95 bits per heavy atom. The Kier molecular flexibility index (Phi) is 4.70. The van der Waals surface area contributed by atoms with Crippen LogP contribution in [0.5, 0.6) is 0 Å². The number of fused-ring (bicyclic) bond motifs is 1. The van der Waals surface area contributed by atoms with Gasteiger partial charge in [-0.25, -0.2) is 4.79 Å². The molecule has 0 unspecified atom stereocenters. The maximum absolute atomic E-state index is 12.5. The molecule has 2 aromatic rings. The third-order valence-corrected chi connectivity index (χ3v) is 4.95. The van der Waals surface area contributed by atoms with Crippen LogP contribution in [0.15, 0.2) is 9.59 Å². The topological polar surface area (TPSA) is 73.5 Å². The molecule has 0 amide bonds. The number of thiophene rings is 1. The summed E-state index contributed by atoms with van der Waals surface area (Å²) in [6.07, 6.45) is 0. The van der Waals surface area contributed by atoms with Crippen LogP contribution >= 0.6 is 11.3 Å². The standard InChI is InChI=1S/C13H16B2N2O4S/c1-4-16-10(18)8-7(2)9(13(14,15)20)22-11(8)17(12(16)19)5-6-21-3/h20H,4-6H2,1-3H3. The molecular weight excluding hydrogens is 302 g/mol. The molecule has 22 heavy (non-hydrogen) atoms. The van der Waals surface area contributed by atoms with E-state index in [0.29, 0.717) is 28.9 Å². The number of hydrogen-bond acceptors (Lipinski definition) is 5. The van der Waals surface area contributed by atoms with E-state index >= 15 is 0 Å². The smallest absolute Gasteiger partial charge is 0.332 e. The highest BCUT2D eigenvalue weighted by molar-refractivity contribution is 7.19. The number of aromatic nitrogens is 2. The van der Waals surface area contributed by atoms with Gasteiger partial charge in [0.15, 0.2) is 0 Å². The van der Waals surface area contributed by atoms with E-state index in [1.165, 1.54) is 11.7 Å². The Balaban J connectivity index is 2.93. The van der Waals surface area contributed by atoms with E-state index in [9.17, 15) is 14.7 Å². The van der Waals surface area contributed by atoms with E-state index in [1.54, 1.807) is 13.8 Å². The van der Waals surface area contributed by atoms with Gasteiger partial charge in [0.1, 0.15) is 20.5 Å². The second-order valence-corrected chi connectivity index (χ2v) is 6.04. The van der Waals surface area contributed by atoms with Gasteiger partial charge in [0, 0.05) is 23.9 Å². The van der Waals surface area contributed by atoms with Gasteiger partial charge in [-0.2, -0.15) is 0 Å². The lowest BCUT2D eigenvalue weighted by Crippen LogP contribution is -2.39. The maximum Gasteiger partial charge on any atom is 0.332 e. The van der Waals surface area contributed by atoms with Gasteiger partial charge >= 0.3 is 5.69 Å². The monoisotopic (exact) mass is 318 g/mol. The molecule has 0 atom stereocenters. The van der Waals surface area contributed by atoms with Crippen molar-refractivity contribution >= 4 is 37.2 Å². The minimum atomic E-state index is -2.06. The van der Waals surface area contributed by atoms with E-state index in [1.807, 2.05) is 0 Å². The first-order valence-corrected chi connectivity index (χ1v) is 7.61. The summed E-state index contributed by atoms with van der Waals surface area (Å²) >= 11 is 1.05. The average molecular weight is 318 g/mol. The number of aliphatic hydroxyl groups is 1. The molecule has 0 aromatic carbocycles. The van der Waals surface area contributed by atoms with E-state index < -0.39 is 16.6 Å². The number of methoxy groups -OCH3 is 1. The molecule has 0 aliphatic carbocycles. The van der Waals surface area contributed by atoms with Crippen LogP contribution in [0.4, 0.5) is 0 Å². The van der Waals surface area contributed by atoms with E-state index in [-0.39, 0.29) is 11.4 Å². The summed E-state index contributed by atoms with van der Waals surface area (Å²) in [5.41, 5.74) is -0.325. The number of nitrogens with zero attached hydrogens (tertiary/aromatic N) is 2. The molecule has 9 heteroatoms. The predicted octanol–water partition coefficient (Wildman–Crippen LogP) is -0.361. The van der Waals surface area contributed by atoms with Crippen molar-refractivity contribution in [3.05, 3.63) is 31.3 Å². The number of aryl methyl sites for hydroxylation is 1. The zero-order valence-electron chi connectivity index (χ0n) is 12.8. The van der Waals surface area contributed by atoms with Crippen molar-refractivity contribution in [3.8, 4) is 0 Å². The fourth-order valence-corrected chi connectivity index (χ4v) is 3.67. The van der Waals surface area contributed by atoms with Gasteiger partial charge in [0.2, 0.25) is 0 Å². The van der Waals surface area contributed by atoms with E-state index in [2.05, 4.69) is 0 Å². The summed E-state index contributed by atoms with van der Waals surface area (Å²) in [6, 6.07) is 0. The van der Waals surface area contributed by atoms with Crippen molar-refractivity contribution in [2.75, 3.05) is 13.7 Å². The number of hydrogen-bond donors (Lipinski definition) is 1. The molecule has 0 fully saturated rings. The third-order valence-electron chi connectivity index (χ3n) is 3.49. The van der Waals surface area contributed by atoms with E-state index in [4.69, 9.17) is 20.4 Å². The van der Waals surface area contributed by atoms with Gasteiger partial charge in [-0.1, -0.05) is 0 Å². The molecule has 6 nitrogen and oxygen atoms in total. The Hall–Kier alpha value is -1.31. The third kappa shape index (κ3) is 2.68. The normalized spacial score (nSPS) is 12.2. The average Bonchev–Trinajstić information content (AvgIpc) is 2.77. The Bertz CT molecular complexity index is 817. The van der Waals surface area contributed by atoms with Crippen LogP contribution in [0.3, 0.4) is 0 Å². The highest BCUT2D eigenvalue weighted by Crippen LogP contribution is 2.32. The Morgan fingerprint density at radius 1 is 1.32 bits per heavy atom. The summed E-state index contributed by atoms with van der Waals surface area (Å²) in [5, 5.41) is 8.17. The SMILES string of the molecule is [B]C([B])(O)c1sc2c(c1C)c(=O)n(CC)c(=O)n2CCOC. The lowest BCUT2D eigenvalue weighted by atomic mass is 9.64. The van der Waals surface area contributed by atoms with Crippen molar-refractivity contribution in [1.82, 2.24) is 9.13 Å². The summed E-state index contributed by atoms with van der Waals surface area (Å²) in [6.45, 7) is 4.24. The van der Waals surface area contributed by atoms with Gasteiger partial charge in [0.05, 0.1) is 18.5 Å². The van der Waals surface area contributed by atoms with Crippen LogP contribution in [-0.2, 0) is 23.2 Å². The second kappa shape index (κ2) is 6.06. The molecular formula is C13H16B2N2O4S. The number of ether oxygens (including phenoxy) is 1. The first-order chi connectivity index (χ1) is 10.2. The number of rotatable bonds is 5. The predicted molar refractivity (Wildman–Crippen MR) is 88.0 cm³/mol. The highest BCUT2D eigenvalue weighted by Gasteiger charge is 2.26. The molecule has 2 aromatic heterocycles. The molecule has 2 heterocycles. The summed E-state index contributed by atoms with van der Waals surface area (Å²) < 4.78 is 7.62. The van der Waals surface area contributed by atoms with Crippen LogP contribution < -0.4 is 11.2 Å². The van der Waals surface area contributed by atoms with Crippen molar-refractivity contribution in [2.45, 2.75) is 32.3 Å². The van der Waals surface area contributed by atoms with Crippen molar-refractivity contribution in [2.24, 2.45) is 0 Å². The molecule has 4 radical (unpaired) electrons. The van der Waals surface area contributed by atoms with Gasteiger partial charge in [0.25, 0.3) is 5.56 Å². The van der Waals surface area contributed by atoms with Gasteiger partial charge in [-0.15, -0.1) is 11.3 Å². The van der Waals surface area contributed by atoms with Crippen LogP contribution in [0.1, 0.15) is 17.4 Å². The van der Waals surface area contributed by atoms with Crippen LogP contribution in [0, 0.1) is 6.92 Å². The summed E-state index contributed by atoms with van der Waals surface area (Å²) in [7, 11) is 12.6. The Labute approximate surface area is 134 Å². The zero-order chi connectivity index (χ0) is 16.7. The maximum atomic E-state index is 12.5. The van der Waals surface area contributed by atoms with Crippen molar-refractivity contribution < 1.29 is 9.84 Å². The molecule has 0 saturated carbocycles. The zero-order valence-corrected chi connectivity index (χ0v) is 13.6. The highest BCUT2D eigenvalue weighted by atomic mass is 32.1. The summed E-state index contributed by atoms with van der Waals surface area (Å²) in [5.74, 6) is 0. The quantitative estimate of drug-likeness (QED) is 0.764. The first-order valence-electron chi connectivity index (χ1n) is 6.80. The fraction of sp³-hybridized carbons (Fsp3) is 0.538. The van der Waals surface area contributed by atoms with Crippen molar-refractivity contribution in [1.29, 1.82) is 0 Å². The van der Waals surface area contributed by atoms with Crippen LogP contribution in [-0.4, -0.2) is 43.6 Å². The van der Waals surface area contributed by atoms with Crippen LogP contribution in [0.2, 0.25) is 0 Å². The van der Waals surface area contributed by atoms with Crippen molar-refractivity contribution in [3.63, 3.8) is 0 Å². The molecule has 1 N–H and O–H groups in total. The molecule has 0 spiro atoms. The van der Waals surface area contributed by atoms with Crippen LogP contribution in [0.25, 0.3) is 10.2 Å². The molecule has 0 saturated heterocycles. The van der Waals surface area contributed by atoms with Gasteiger partial charge in [-0.3, -0.25) is 13.9 Å². The summed E-state index contributed by atoms with van der Waals surface area (Å²) in [4.78, 5) is 25.7. The Morgan fingerprint density at radius 3 is 2.45 bits per heavy atom. The van der Waals surface area contributed by atoms with Gasteiger partial charge in [-0.05, 0) is 19.4 Å².